The molecule has 0 amide bonds. The summed E-state index contributed by atoms with van der Waals surface area (Å²) in [5.41, 5.74) is 6.97. The van der Waals surface area contributed by atoms with Gasteiger partial charge in [-0.2, -0.15) is 0 Å². The minimum absolute atomic E-state index is 0.123. The molecule has 1 aromatic heterocycles. The number of hydrogen-bond donors (Lipinski definition) is 2. The van der Waals surface area contributed by atoms with Crippen LogP contribution in [0.15, 0.2) is 83.4 Å². The molecule has 0 aliphatic carbocycles. The van der Waals surface area contributed by atoms with Crippen molar-refractivity contribution in [2.45, 2.75) is 45.1 Å². The molecule has 0 fully saturated rings. The van der Waals surface area contributed by atoms with Crippen LogP contribution in [0.25, 0.3) is 22.5 Å². The van der Waals surface area contributed by atoms with E-state index in [2.05, 4.69) is 5.16 Å². The molecule has 0 spiro atoms. The molecule has 1 unspecified atom stereocenters. The van der Waals surface area contributed by atoms with Gasteiger partial charge in [0.05, 0.1) is 11.8 Å². The van der Waals surface area contributed by atoms with Gasteiger partial charge in [-0.15, -0.1) is 0 Å². The van der Waals surface area contributed by atoms with E-state index in [0.717, 1.165) is 57.7 Å². The van der Waals surface area contributed by atoms with Crippen molar-refractivity contribution in [3.05, 3.63) is 101 Å². The Morgan fingerprint density at radius 3 is 2.38 bits per heavy atom. The second-order valence-electron chi connectivity index (χ2n) is 8.57. The monoisotopic (exact) mass is 455 g/mol. The van der Waals surface area contributed by atoms with E-state index in [1.807, 2.05) is 85.8 Å². The van der Waals surface area contributed by atoms with Crippen LogP contribution >= 0.6 is 0 Å². The minimum atomic E-state index is -0.789. The third kappa shape index (κ3) is 5.80. The molecule has 5 heteroatoms. The lowest BCUT2D eigenvalue weighted by Crippen LogP contribution is -1.99. The van der Waals surface area contributed by atoms with Crippen molar-refractivity contribution in [3.63, 3.8) is 0 Å². The second kappa shape index (κ2) is 10.9. The van der Waals surface area contributed by atoms with E-state index < -0.39 is 12.1 Å². The second-order valence-corrected chi connectivity index (χ2v) is 8.57. The third-order valence-electron chi connectivity index (χ3n) is 6.11. The first-order valence-electron chi connectivity index (χ1n) is 11.6. The van der Waals surface area contributed by atoms with E-state index in [9.17, 15) is 9.90 Å². The number of aliphatic carboxylic acids is 1. The number of carboxylic acid groups (broad SMARTS) is 1. The van der Waals surface area contributed by atoms with E-state index in [0.29, 0.717) is 12.8 Å². The lowest BCUT2D eigenvalue weighted by atomic mass is 9.96. The first-order chi connectivity index (χ1) is 16.5. The summed E-state index contributed by atoms with van der Waals surface area (Å²) in [6, 6.07) is 25.9. The van der Waals surface area contributed by atoms with Gasteiger partial charge in [0.1, 0.15) is 0 Å². The summed E-state index contributed by atoms with van der Waals surface area (Å²) in [4.78, 5) is 10.9. The van der Waals surface area contributed by atoms with E-state index in [4.69, 9.17) is 9.63 Å². The molecule has 3 aromatic carbocycles. The molecule has 4 rings (SSSR count). The maximum atomic E-state index is 10.9. The highest BCUT2D eigenvalue weighted by atomic mass is 16.5. The summed E-state index contributed by atoms with van der Waals surface area (Å²) in [6.45, 7) is 1.95. The van der Waals surface area contributed by atoms with Gasteiger partial charge in [-0.25, -0.2) is 0 Å². The number of nitrogens with zero attached hydrogens (tertiary/aromatic N) is 1. The summed E-state index contributed by atoms with van der Waals surface area (Å²) in [7, 11) is 0. The van der Waals surface area contributed by atoms with Crippen LogP contribution in [0.2, 0.25) is 0 Å². The molecule has 0 saturated carbocycles. The number of aliphatic hydroxyl groups is 1. The Hall–Kier alpha value is -3.70. The van der Waals surface area contributed by atoms with Crippen LogP contribution in [-0.4, -0.2) is 21.3 Å². The lowest BCUT2D eigenvalue weighted by Gasteiger charge is -2.11. The highest BCUT2D eigenvalue weighted by molar-refractivity contribution is 5.70. The molecule has 0 saturated heterocycles. The van der Waals surface area contributed by atoms with E-state index in [1.165, 1.54) is 0 Å². The normalized spacial score (nSPS) is 11.9. The van der Waals surface area contributed by atoms with Gasteiger partial charge in [0.25, 0.3) is 0 Å². The molecule has 0 radical (unpaired) electrons. The Balaban J connectivity index is 1.44. The van der Waals surface area contributed by atoms with Crippen LogP contribution in [0.4, 0.5) is 0 Å². The summed E-state index contributed by atoms with van der Waals surface area (Å²) >= 11 is 0. The quantitative estimate of drug-likeness (QED) is 0.289. The van der Waals surface area contributed by atoms with Crippen molar-refractivity contribution >= 4 is 5.97 Å². The number of benzene rings is 3. The predicted molar refractivity (Wildman–Crippen MR) is 132 cm³/mol. The minimum Gasteiger partial charge on any atom is -0.481 e. The maximum absolute atomic E-state index is 10.9. The summed E-state index contributed by atoms with van der Waals surface area (Å²) in [5, 5.41) is 23.6. The Kier molecular flexibility index (Phi) is 7.55. The maximum Gasteiger partial charge on any atom is 0.303 e. The molecule has 2 N–H and O–H groups in total. The molecule has 5 nitrogen and oxygen atoms in total. The zero-order valence-corrected chi connectivity index (χ0v) is 19.3. The largest absolute Gasteiger partial charge is 0.481 e. The smallest absolute Gasteiger partial charge is 0.303 e. The first-order valence-corrected chi connectivity index (χ1v) is 11.6. The Bertz CT molecular complexity index is 1230. The predicted octanol–water partition coefficient (Wildman–Crippen LogP) is 6.39. The number of carbonyl (C=O) groups is 1. The topological polar surface area (TPSA) is 83.6 Å². The third-order valence-corrected chi connectivity index (χ3v) is 6.11. The molecule has 174 valence electrons. The number of aryl methyl sites for hydroxylation is 2. The standard InChI is InChI=1S/C29H29NO4/c1-20-26(11-6-12-27(31)23-8-3-2-4-9-23)29(34-30-20)24-16-14-22(15-17-24)25-10-5-7-21(19-25)13-18-28(32)33/h2-5,7-10,14-17,19,27,31H,6,11-13,18H2,1H3,(H,32,33). The number of carboxylic acids is 1. The Morgan fingerprint density at radius 1 is 0.912 bits per heavy atom. The van der Waals surface area contributed by atoms with Crippen LogP contribution in [0.1, 0.15) is 47.8 Å². The lowest BCUT2D eigenvalue weighted by molar-refractivity contribution is -0.136. The highest BCUT2D eigenvalue weighted by Crippen LogP contribution is 2.31. The molecular weight excluding hydrogens is 426 g/mol. The number of aromatic nitrogens is 1. The van der Waals surface area contributed by atoms with Crippen LogP contribution < -0.4 is 0 Å². The van der Waals surface area contributed by atoms with Gasteiger partial charge >= 0.3 is 5.97 Å². The van der Waals surface area contributed by atoms with Crippen molar-refractivity contribution in [1.29, 1.82) is 0 Å². The van der Waals surface area contributed by atoms with E-state index >= 15 is 0 Å². The van der Waals surface area contributed by atoms with Crippen LogP contribution in [-0.2, 0) is 17.6 Å². The Labute approximate surface area is 199 Å². The number of aliphatic hydroxyl groups excluding tert-OH is 1. The average molecular weight is 456 g/mol. The van der Waals surface area contributed by atoms with Crippen LogP contribution in [0.5, 0.6) is 0 Å². The fraction of sp³-hybridized carbons (Fsp3) is 0.241. The fourth-order valence-corrected chi connectivity index (χ4v) is 4.20. The van der Waals surface area contributed by atoms with Crippen LogP contribution in [0.3, 0.4) is 0 Å². The average Bonchev–Trinajstić information content (AvgIpc) is 3.23. The van der Waals surface area contributed by atoms with Crippen molar-refractivity contribution < 1.29 is 19.5 Å². The van der Waals surface area contributed by atoms with Gasteiger partial charge in [-0.05, 0) is 54.9 Å². The van der Waals surface area contributed by atoms with Gasteiger partial charge in [-0.1, -0.05) is 84.0 Å². The van der Waals surface area contributed by atoms with Gasteiger partial charge in [0.15, 0.2) is 5.76 Å². The molecule has 0 aliphatic heterocycles. The summed E-state index contributed by atoms with van der Waals surface area (Å²) in [6.07, 6.45) is 2.44. The first kappa shape index (κ1) is 23.5. The van der Waals surface area contributed by atoms with Crippen LogP contribution in [0, 0.1) is 6.92 Å². The van der Waals surface area contributed by atoms with Crippen molar-refractivity contribution in [2.75, 3.05) is 0 Å². The molecular formula is C29H29NO4. The zero-order valence-electron chi connectivity index (χ0n) is 19.3. The summed E-state index contributed by atoms with van der Waals surface area (Å²) < 4.78 is 5.67. The number of rotatable bonds is 10. The van der Waals surface area contributed by atoms with Crippen molar-refractivity contribution in [2.24, 2.45) is 0 Å². The van der Waals surface area contributed by atoms with E-state index in [-0.39, 0.29) is 6.42 Å². The number of hydrogen-bond acceptors (Lipinski definition) is 4. The van der Waals surface area contributed by atoms with Crippen molar-refractivity contribution in [3.8, 4) is 22.5 Å². The fourth-order valence-electron chi connectivity index (χ4n) is 4.20. The van der Waals surface area contributed by atoms with Gasteiger partial charge in [-0.3, -0.25) is 4.79 Å². The molecule has 34 heavy (non-hydrogen) atoms. The molecule has 1 atom stereocenters. The van der Waals surface area contributed by atoms with Gasteiger partial charge in [0.2, 0.25) is 0 Å². The highest BCUT2D eigenvalue weighted by Gasteiger charge is 2.16. The van der Waals surface area contributed by atoms with Crippen molar-refractivity contribution in [1.82, 2.24) is 5.16 Å². The molecule has 1 heterocycles. The molecule has 0 bridgehead atoms. The Morgan fingerprint density at radius 2 is 1.65 bits per heavy atom. The molecule has 4 aromatic rings. The van der Waals surface area contributed by atoms with Gasteiger partial charge in [0, 0.05) is 17.5 Å². The van der Waals surface area contributed by atoms with E-state index in [1.54, 1.807) is 0 Å². The molecule has 0 aliphatic rings. The SMILES string of the molecule is Cc1noc(-c2ccc(-c3cccc(CCC(=O)O)c3)cc2)c1CCCC(O)c1ccccc1. The summed E-state index contributed by atoms with van der Waals surface area (Å²) in [5.74, 6) is -0.0176. The van der Waals surface area contributed by atoms with Gasteiger partial charge < -0.3 is 14.7 Å². The zero-order chi connectivity index (χ0) is 23.9.